The maximum Gasteiger partial charge on any atom is 0.251 e. The first-order chi connectivity index (χ1) is 13.6. The van der Waals surface area contributed by atoms with Gasteiger partial charge >= 0.3 is 0 Å². The summed E-state index contributed by atoms with van der Waals surface area (Å²) in [6.45, 7) is 2.72. The van der Waals surface area contributed by atoms with Gasteiger partial charge in [-0.05, 0) is 25.1 Å². The normalized spacial score (nSPS) is 10.5. The van der Waals surface area contributed by atoms with Gasteiger partial charge in [-0.2, -0.15) is 0 Å². The topological polar surface area (TPSA) is 88.9 Å². The molecule has 0 saturated carbocycles. The van der Waals surface area contributed by atoms with Gasteiger partial charge in [0.15, 0.2) is 11.0 Å². The minimum Gasteiger partial charge on any atom is -0.355 e. The molecule has 28 heavy (non-hydrogen) atoms. The van der Waals surface area contributed by atoms with Crippen LogP contribution in [-0.2, 0) is 11.3 Å². The smallest absolute Gasteiger partial charge is 0.251 e. The molecule has 1 aromatic heterocycles. The summed E-state index contributed by atoms with van der Waals surface area (Å²) in [6, 6.07) is 16.6. The highest BCUT2D eigenvalue weighted by Gasteiger charge is 2.14. The molecular formula is C20H21N5O2S. The summed E-state index contributed by atoms with van der Waals surface area (Å²) in [5, 5.41) is 14.6. The Labute approximate surface area is 167 Å². The number of nitrogens with one attached hydrogen (secondary N) is 2. The summed E-state index contributed by atoms with van der Waals surface area (Å²) in [4.78, 5) is 24.0. The lowest BCUT2D eigenvalue weighted by Crippen LogP contribution is -2.19. The second-order valence-electron chi connectivity index (χ2n) is 5.91. The van der Waals surface area contributed by atoms with Crippen LogP contribution in [0.5, 0.6) is 0 Å². The Bertz CT molecular complexity index is 972. The summed E-state index contributed by atoms with van der Waals surface area (Å²) in [5.41, 5.74) is 2.05. The van der Waals surface area contributed by atoms with Gasteiger partial charge in [-0.15, -0.1) is 10.2 Å². The Kier molecular flexibility index (Phi) is 6.44. The molecule has 3 aromatic rings. The number of benzene rings is 2. The highest BCUT2D eigenvalue weighted by atomic mass is 32.2. The first-order valence-corrected chi connectivity index (χ1v) is 9.84. The number of anilines is 1. The van der Waals surface area contributed by atoms with E-state index in [0.717, 1.165) is 11.4 Å². The second-order valence-corrected chi connectivity index (χ2v) is 6.86. The van der Waals surface area contributed by atoms with E-state index >= 15 is 0 Å². The molecule has 0 aliphatic heterocycles. The fourth-order valence-electron chi connectivity index (χ4n) is 2.69. The van der Waals surface area contributed by atoms with E-state index < -0.39 is 0 Å². The van der Waals surface area contributed by atoms with Gasteiger partial charge < -0.3 is 15.2 Å². The summed E-state index contributed by atoms with van der Waals surface area (Å²) >= 11 is 1.33. The number of rotatable bonds is 7. The average Bonchev–Trinajstić information content (AvgIpc) is 3.15. The minimum absolute atomic E-state index is 0.175. The van der Waals surface area contributed by atoms with Crippen molar-refractivity contribution in [3.05, 3.63) is 60.2 Å². The fourth-order valence-corrected chi connectivity index (χ4v) is 3.49. The van der Waals surface area contributed by atoms with Crippen molar-refractivity contribution in [3.63, 3.8) is 0 Å². The lowest BCUT2D eigenvalue weighted by atomic mass is 10.2. The van der Waals surface area contributed by atoms with Crippen molar-refractivity contribution >= 4 is 29.3 Å². The van der Waals surface area contributed by atoms with Gasteiger partial charge in [0.2, 0.25) is 5.91 Å². The largest absolute Gasteiger partial charge is 0.355 e. The molecule has 2 amide bonds. The van der Waals surface area contributed by atoms with Crippen LogP contribution in [-0.4, -0.2) is 39.4 Å². The van der Waals surface area contributed by atoms with Gasteiger partial charge in [-0.25, -0.2) is 0 Å². The van der Waals surface area contributed by atoms with Crippen LogP contribution in [0.25, 0.3) is 11.4 Å². The van der Waals surface area contributed by atoms with E-state index in [-0.39, 0.29) is 17.6 Å². The predicted molar refractivity (Wildman–Crippen MR) is 110 cm³/mol. The Morgan fingerprint density at radius 1 is 1.07 bits per heavy atom. The van der Waals surface area contributed by atoms with Gasteiger partial charge in [0.05, 0.1) is 5.75 Å². The molecule has 3 rings (SSSR count). The molecule has 1 heterocycles. The number of amides is 2. The van der Waals surface area contributed by atoms with E-state index in [1.807, 2.05) is 41.8 Å². The molecule has 7 nitrogen and oxygen atoms in total. The minimum atomic E-state index is -0.199. The van der Waals surface area contributed by atoms with E-state index in [2.05, 4.69) is 20.8 Å². The van der Waals surface area contributed by atoms with E-state index in [0.29, 0.717) is 23.0 Å². The van der Waals surface area contributed by atoms with Crippen LogP contribution in [0, 0.1) is 0 Å². The van der Waals surface area contributed by atoms with Gasteiger partial charge in [0, 0.05) is 30.4 Å². The number of hydrogen-bond acceptors (Lipinski definition) is 5. The van der Waals surface area contributed by atoms with E-state index in [4.69, 9.17) is 0 Å². The molecule has 0 fully saturated rings. The molecule has 0 bridgehead atoms. The summed E-state index contributed by atoms with van der Waals surface area (Å²) in [5.74, 6) is 0.599. The standard InChI is InChI=1S/C20H21N5O2S/c1-3-25-18(14-8-5-4-6-9-14)23-24-20(25)28-13-17(26)22-16-11-7-10-15(12-16)19(27)21-2/h4-12H,3,13H2,1-2H3,(H,21,27)(H,22,26). The van der Waals surface area contributed by atoms with E-state index in [1.165, 1.54) is 11.8 Å². The molecule has 2 N–H and O–H groups in total. The zero-order valence-corrected chi connectivity index (χ0v) is 16.5. The van der Waals surface area contributed by atoms with Crippen molar-refractivity contribution < 1.29 is 9.59 Å². The zero-order chi connectivity index (χ0) is 19.9. The monoisotopic (exact) mass is 395 g/mol. The molecule has 0 spiro atoms. The summed E-state index contributed by atoms with van der Waals surface area (Å²) in [6.07, 6.45) is 0. The summed E-state index contributed by atoms with van der Waals surface area (Å²) < 4.78 is 1.99. The number of carbonyl (C=O) groups is 2. The van der Waals surface area contributed by atoms with Gasteiger partial charge in [-0.1, -0.05) is 48.2 Å². The van der Waals surface area contributed by atoms with Gasteiger partial charge in [0.25, 0.3) is 5.91 Å². The van der Waals surface area contributed by atoms with Crippen molar-refractivity contribution in [1.82, 2.24) is 20.1 Å². The molecular weight excluding hydrogens is 374 g/mol. The quantitative estimate of drug-likeness (QED) is 0.600. The van der Waals surface area contributed by atoms with Crippen LogP contribution in [0.15, 0.2) is 59.8 Å². The molecule has 2 aromatic carbocycles. The molecule has 0 atom stereocenters. The number of thioether (sulfide) groups is 1. The van der Waals surface area contributed by atoms with Crippen molar-refractivity contribution in [2.75, 3.05) is 18.1 Å². The average molecular weight is 395 g/mol. The van der Waals surface area contributed by atoms with Crippen LogP contribution < -0.4 is 10.6 Å². The fraction of sp³-hybridized carbons (Fsp3) is 0.200. The van der Waals surface area contributed by atoms with Crippen LogP contribution in [0.3, 0.4) is 0 Å². The van der Waals surface area contributed by atoms with Crippen LogP contribution in [0.2, 0.25) is 0 Å². The Balaban J connectivity index is 1.65. The molecule has 0 radical (unpaired) electrons. The van der Waals surface area contributed by atoms with Crippen molar-refractivity contribution in [3.8, 4) is 11.4 Å². The van der Waals surface area contributed by atoms with Crippen LogP contribution in [0.4, 0.5) is 5.69 Å². The molecule has 0 aliphatic carbocycles. The number of nitrogens with zero attached hydrogens (tertiary/aromatic N) is 3. The second kappa shape index (κ2) is 9.18. The van der Waals surface area contributed by atoms with E-state index in [1.54, 1.807) is 31.3 Å². The third-order valence-corrected chi connectivity index (χ3v) is 5.00. The third kappa shape index (κ3) is 4.58. The van der Waals surface area contributed by atoms with Crippen molar-refractivity contribution in [2.24, 2.45) is 0 Å². The Hall–Kier alpha value is -3.13. The number of aromatic nitrogens is 3. The van der Waals surface area contributed by atoms with E-state index in [9.17, 15) is 9.59 Å². The van der Waals surface area contributed by atoms with Crippen molar-refractivity contribution in [1.29, 1.82) is 0 Å². The Morgan fingerprint density at radius 3 is 2.57 bits per heavy atom. The zero-order valence-electron chi connectivity index (χ0n) is 15.7. The molecule has 0 saturated heterocycles. The third-order valence-electron chi connectivity index (χ3n) is 4.03. The molecule has 0 unspecified atom stereocenters. The van der Waals surface area contributed by atoms with Crippen LogP contribution >= 0.6 is 11.8 Å². The predicted octanol–water partition coefficient (Wildman–Crippen LogP) is 3.06. The van der Waals surface area contributed by atoms with Gasteiger partial charge in [0.1, 0.15) is 0 Å². The lowest BCUT2D eigenvalue weighted by Gasteiger charge is -2.08. The molecule has 144 valence electrons. The van der Waals surface area contributed by atoms with Crippen LogP contribution in [0.1, 0.15) is 17.3 Å². The number of hydrogen-bond donors (Lipinski definition) is 2. The summed E-state index contributed by atoms with van der Waals surface area (Å²) in [7, 11) is 1.57. The van der Waals surface area contributed by atoms with Crippen molar-refractivity contribution in [2.45, 2.75) is 18.6 Å². The highest BCUT2D eigenvalue weighted by Crippen LogP contribution is 2.24. The first-order valence-electron chi connectivity index (χ1n) is 8.85. The molecule has 0 aliphatic rings. The van der Waals surface area contributed by atoms with Gasteiger partial charge in [-0.3, -0.25) is 9.59 Å². The maximum absolute atomic E-state index is 12.3. The maximum atomic E-state index is 12.3. The first kappa shape index (κ1) is 19.6. The number of carbonyl (C=O) groups excluding carboxylic acids is 2. The Morgan fingerprint density at radius 2 is 1.86 bits per heavy atom. The molecule has 8 heteroatoms. The SMILES string of the molecule is CCn1c(SCC(=O)Nc2cccc(C(=O)NC)c2)nnc1-c1ccccc1. The lowest BCUT2D eigenvalue weighted by molar-refractivity contribution is -0.113. The highest BCUT2D eigenvalue weighted by molar-refractivity contribution is 7.99.